The highest BCUT2D eigenvalue weighted by Gasteiger charge is 2.19. The van der Waals surface area contributed by atoms with Crippen LogP contribution in [-0.4, -0.2) is 37.2 Å². The zero-order valence-corrected chi connectivity index (χ0v) is 42.8. The molecule has 0 saturated heterocycles. The fourth-order valence-electron chi connectivity index (χ4n) is 8.12. The van der Waals surface area contributed by atoms with Crippen molar-refractivity contribution in [1.82, 2.24) is 0 Å². The number of carbonyl (C=O) groups excluding carboxylic acids is 3. The van der Waals surface area contributed by atoms with Gasteiger partial charge in [-0.25, -0.2) is 0 Å². The predicted octanol–water partition coefficient (Wildman–Crippen LogP) is 18.5. The maximum Gasteiger partial charge on any atom is 0.306 e. The van der Waals surface area contributed by atoms with Gasteiger partial charge in [0.2, 0.25) is 0 Å². The Kier molecular flexibility index (Phi) is 51.3. The molecule has 0 aliphatic carbocycles. The Morgan fingerprint density at radius 2 is 0.562 bits per heavy atom. The van der Waals surface area contributed by atoms with Crippen molar-refractivity contribution in [2.45, 2.75) is 303 Å². The number of rotatable bonds is 51. The Labute approximate surface area is 397 Å². The van der Waals surface area contributed by atoms with Gasteiger partial charge in [-0.2, -0.15) is 0 Å². The molecule has 64 heavy (non-hydrogen) atoms. The molecule has 1 atom stereocenters. The highest BCUT2D eigenvalue weighted by atomic mass is 16.6. The second kappa shape index (κ2) is 53.2. The van der Waals surface area contributed by atoms with Gasteiger partial charge in [-0.05, 0) is 77.0 Å². The summed E-state index contributed by atoms with van der Waals surface area (Å²) in [5, 5.41) is 0. The molecular weight excluding hydrogens is 793 g/mol. The molecule has 0 unspecified atom stereocenters. The third-order valence-electron chi connectivity index (χ3n) is 12.4. The van der Waals surface area contributed by atoms with Gasteiger partial charge in [-0.1, -0.05) is 237 Å². The molecule has 0 aliphatic rings. The number of allylic oxidation sites excluding steroid dienone is 6. The molecule has 0 spiro atoms. The van der Waals surface area contributed by atoms with Gasteiger partial charge in [0.05, 0.1) is 0 Å². The van der Waals surface area contributed by atoms with Crippen molar-refractivity contribution in [3.05, 3.63) is 36.5 Å². The summed E-state index contributed by atoms with van der Waals surface area (Å²) in [7, 11) is 0. The smallest absolute Gasteiger partial charge is 0.306 e. The van der Waals surface area contributed by atoms with Gasteiger partial charge in [-0.15, -0.1) is 0 Å². The average Bonchev–Trinajstić information content (AvgIpc) is 3.29. The Morgan fingerprint density at radius 3 is 0.906 bits per heavy atom. The van der Waals surface area contributed by atoms with Gasteiger partial charge in [0.15, 0.2) is 6.10 Å². The van der Waals surface area contributed by atoms with Crippen molar-refractivity contribution < 1.29 is 28.6 Å². The average molecular weight is 899 g/mol. The van der Waals surface area contributed by atoms with E-state index in [-0.39, 0.29) is 31.1 Å². The van der Waals surface area contributed by atoms with E-state index in [0.717, 1.165) is 70.6 Å². The Hall–Kier alpha value is -2.37. The lowest BCUT2D eigenvalue weighted by atomic mass is 10.0. The standard InChI is InChI=1S/C58H106O6/c1-4-7-10-13-16-19-22-25-27-29-31-33-36-39-42-45-48-51-57(60)63-54-55(53-62-56(59)50-47-44-41-38-35-24-21-18-15-12-9-6-3)64-58(61)52-49-46-43-40-37-34-32-30-28-26-23-20-17-14-11-8-5-2/h16,19,25-28,55H,4-15,17-18,20-24,29-54H2,1-3H3/b19-16-,27-25-,28-26-/t55-/m1/s1. The van der Waals surface area contributed by atoms with Crippen molar-refractivity contribution in [3.63, 3.8) is 0 Å². The van der Waals surface area contributed by atoms with Crippen LogP contribution in [-0.2, 0) is 28.6 Å². The number of esters is 3. The number of unbranched alkanes of at least 4 members (excludes halogenated alkanes) is 34. The van der Waals surface area contributed by atoms with Crippen LogP contribution >= 0.6 is 0 Å². The van der Waals surface area contributed by atoms with E-state index in [2.05, 4.69) is 57.2 Å². The van der Waals surface area contributed by atoms with E-state index in [4.69, 9.17) is 14.2 Å². The number of carbonyl (C=O) groups is 3. The maximum absolute atomic E-state index is 12.8. The van der Waals surface area contributed by atoms with Crippen LogP contribution < -0.4 is 0 Å². The molecule has 6 heteroatoms. The van der Waals surface area contributed by atoms with Crippen LogP contribution in [0.3, 0.4) is 0 Å². The lowest BCUT2D eigenvalue weighted by Gasteiger charge is -2.18. The van der Waals surface area contributed by atoms with Gasteiger partial charge >= 0.3 is 17.9 Å². The first kappa shape index (κ1) is 61.6. The quantitative estimate of drug-likeness (QED) is 0.0262. The molecule has 0 bridgehead atoms. The summed E-state index contributed by atoms with van der Waals surface area (Å²) in [6.45, 7) is 6.63. The molecule has 374 valence electrons. The summed E-state index contributed by atoms with van der Waals surface area (Å²) < 4.78 is 16.8. The van der Waals surface area contributed by atoms with Crippen molar-refractivity contribution in [3.8, 4) is 0 Å². The van der Waals surface area contributed by atoms with E-state index in [0.29, 0.717) is 19.3 Å². The third-order valence-corrected chi connectivity index (χ3v) is 12.4. The van der Waals surface area contributed by atoms with E-state index in [9.17, 15) is 14.4 Å². The summed E-state index contributed by atoms with van der Waals surface area (Å²) in [5.74, 6) is -0.871. The Bertz CT molecular complexity index is 1080. The fourth-order valence-corrected chi connectivity index (χ4v) is 8.12. The van der Waals surface area contributed by atoms with Crippen molar-refractivity contribution >= 4 is 17.9 Å². The van der Waals surface area contributed by atoms with E-state index in [1.807, 2.05) is 0 Å². The third kappa shape index (κ3) is 50.6. The van der Waals surface area contributed by atoms with E-state index in [1.165, 1.54) is 186 Å². The minimum Gasteiger partial charge on any atom is -0.462 e. The Morgan fingerprint density at radius 1 is 0.312 bits per heavy atom. The van der Waals surface area contributed by atoms with Crippen molar-refractivity contribution in [1.29, 1.82) is 0 Å². The molecule has 0 aliphatic heterocycles. The molecule has 0 aromatic heterocycles. The summed E-state index contributed by atoms with van der Waals surface area (Å²) in [5.41, 5.74) is 0. The first-order chi connectivity index (χ1) is 31.5. The van der Waals surface area contributed by atoms with Crippen LogP contribution in [0.4, 0.5) is 0 Å². The van der Waals surface area contributed by atoms with Crippen molar-refractivity contribution in [2.75, 3.05) is 13.2 Å². The SMILES string of the molecule is CCCCC/C=C\C/C=C\CCCCCCCCCC(=O)OC[C@@H](COC(=O)CCCCCCCCCCCCCC)OC(=O)CCCCCCCCC/C=C\CCCCCCCC. The largest absolute Gasteiger partial charge is 0.462 e. The molecule has 0 amide bonds. The second-order valence-corrected chi connectivity index (χ2v) is 18.8. The number of hydrogen-bond acceptors (Lipinski definition) is 6. The normalized spacial score (nSPS) is 12.2. The summed E-state index contributed by atoms with van der Waals surface area (Å²) >= 11 is 0. The van der Waals surface area contributed by atoms with Crippen LogP contribution in [0.25, 0.3) is 0 Å². The van der Waals surface area contributed by atoms with Gasteiger partial charge < -0.3 is 14.2 Å². The molecule has 0 radical (unpaired) electrons. The van der Waals surface area contributed by atoms with E-state index in [1.54, 1.807) is 0 Å². The first-order valence-electron chi connectivity index (χ1n) is 28.0. The highest BCUT2D eigenvalue weighted by Crippen LogP contribution is 2.16. The molecule has 0 saturated carbocycles. The van der Waals surface area contributed by atoms with E-state index < -0.39 is 6.10 Å². The number of hydrogen-bond donors (Lipinski definition) is 0. The zero-order valence-electron chi connectivity index (χ0n) is 42.8. The molecule has 6 nitrogen and oxygen atoms in total. The molecule has 0 rings (SSSR count). The second-order valence-electron chi connectivity index (χ2n) is 18.8. The van der Waals surface area contributed by atoms with Gasteiger partial charge in [0, 0.05) is 19.3 Å². The lowest BCUT2D eigenvalue weighted by molar-refractivity contribution is -0.167. The van der Waals surface area contributed by atoms with Gasteiger partial charge in [0.25, 0.3) is 0 Å². The number of ether oxygens (including phenoxy) is 3. The fraction of sp³-hybridized carbons (Fsp3) is 0.845. The van der Waals surface area contributed by atoms with Gasteiger partial charge in [-0.3, -0.25) is 14.4 Å². The molecule has 0 aromatic rings. The van der Waals surface area contributed by atoms with Crippen LogP contribution in [0.15, 0.2) is 36.5 Å². The predicted molar refractivity (Wildman–Crippen MR) is 275 cm³/mol. The molecular formula is C58H106O6. The van der Waals surface area contributed by atoms with Crippen LogP contribution in [0.1, 0.15) is 297 Å². The first-order valence-corrected chi connectivity index (χ1v) is 28.0. The molecule has 0 fully saturated rings. The zero-order chi connectivity index (χ0) is 46.5. The minimum absolute atomic E-state index is 0.0731. The van der Waals surface area contributed by atoms with Crippen LogP contribution in [0.2, 0.25) is 0 Å². The Balaban J connectivity index is 4.35. The minimum atomic E-state index is -0.774. The molecule has 0 aromatic carbocycles. The maximum atomic E-state index is 12.8. The van der Waals surface area contributed by atoms with Gasteiger partial charge in [0.1, 0.15) is 13.2 Å². The summed E-state index contributed by atoms with van der Waals surface area (Å²) in [4.78, 5) is 38.1. The monoisotopic (exact) mass is 899 g/mol. The van der Waals surface area contributed by atoms with Crippen LogP contribution in [0.5, 0.6) is 0 Å². The van der Waals surface area contributed by atoms with E-state index >= 15 is 0 Å². The summed E-state index contributed by atoms with van der Waals surface area (Å²) in [6.07, 6.45) is 62.7. The van der Waals surface area contributed by atoms with Crippen LogP contribution in [0, 0.1) is 0 Å². The lowest BCUT2D eigenvalue weighted by Crippen LogP contribution is -2.30. The highest BCUT2D eigenvalue weighted by molar-refractivity contribution is 5.71. The topological polar surface area (TPSA) is 78.9 Å². The molecule has 0 N–H and O–H groups in total. The summed E-state index contributed by atoms with van der Waals surface area (Å²) in [6, 6.07) is 0. The molecule has 0 heterocycles. The van der Waals surface area contributed by atoms with Crippen molar-refractivity contribution in [2.24, 2.45) is 0 Å².